The maximum atomic E-state index is 12.7. The van der Waals surface area contributed by atoms with Crippen LogP contribution in [0.5, 0.6) is 11.5 Å². The number of ether oxygens (including phenoxy) is 2. The Morgan fingerprint density at radius 3 is 3.00 bits per heavy atom. The first-order valence-corrected chi connectivity index (χ1v) is 8.35. The van der Waals surface area contributed by atoms with Crippen LogP contribution in [-0.4, -0.2) is 54.2 Å². The van der Waals surface area contributed by atoms with Crippen LogP contribution in [0, 0.1) is 0 Å². The number of likely N-dealkylation sites (tertiary alicyclic amines) is 1. The van der Waals surface area contributed by atoms with E-state index in [2.05, 4.69) is 18.0 Å². The number of hydrogen-bond donors (Lipinski definition) is 1. The number of methoxy groups -OCH3 is 1. The summed E-state index contributed by atoms with van der Waals surface area (Å²) < 4.78 is 11.6. The number of Topliss-reactive ketones (excluding diaryl/α,β-unsaturated/α-hetero) is 1. The van der Waals surface area contributed by atoms with Crippen LogP contribution in [-0.2, 0) is 16.6 Å². The first-order chi connectivity index (χ1) is 11.0. The number of carbonyl (C=O) groups excluding carboxylic acids is 1. The number of piperidine rings is 1. The van der Waals surface area contributed by atoms with Gasteiger partial charge in [-0.05, 0) is 44.5 Å². The highest BCUT2D eigenvalue weighted by atomic mass is 16.5. The van der Waals surface area contributed by atoms with Gasteiger partial charge in [0.25, 0.3) is 0 Å². The maximum absolute atomic E-state index is 12.7. The van der Waals surface area contributed by atoms with Crippen LogP contribution in [0.1, 0.15) is 30.4 Å². The second kappa shape index (κ2) is 4.08. The first-order valence-electron chi connectivity index (χ1n) is 8.35. The van der Waals surface area contributed by atoms with Crippen molar-refractivity contribution in [2.45, 2.75) is 48.8 Å². The zero-order valence-corrected chi connectivity index (χ0v) is 13.5. The lowest BCUT2D eigenvalue weighted by molar-refractivity contribution is -0.185. The van der Waals surface area contributed by atoms with E-state index in [1.807, 2.05) is 6.07 Å². The van der Waals surface area contributed by atoms with Gasteiger partial charge >= 0.3 is 0 Å². The molecule has 4 atom stereocenters. The lowest BCUT2D eigenvalue weighted by Crippen LogP contribution is -2.76. The number of ketones is 1. The molecule has 1 aromatic rings. The smallest absolute Gasteiger partial charge is 0.174 e. The SMILES string of the molecule is COc1ccc2c3c1O[C@H]1C(=O)CC[C@@]4(O)C(C2)N(C)CCC314. The number of nitrogens with zero attached hydrogens (tertiary/aromatic N) is 1. The number of carbonyl (C=O) groups is 1. The molecule has 23 heavy (non-hydrogen) atoms. The standard InChI is InChI=1S/C18H21NO4/c1-19-8-7-17-14-10-3-4-12(22-2)15(14)23-16(17)11(20)5-6-18(17,21)13(19)9-10/h3-4,13,16,21H,5-9H2,1-2H3/t13?,16-,17?,18+/m0/s1. The molecule has 4 aliphatic rings. The molecule has 1 N–H and O–H groups in total. The van der Waals surface area contributed by atoms with Crippen molar-refractivity contribution in [1.82, 2.24) is 4.90 Å². The van der Waals surface area contributed by atoms with E-state index in [9.17, 15) is 9.90 Å². The highest BCUT2D eigenvalue weighted by Gasteiger charge is 2.72. The molecule has 0 radical (unpaired) electrons. The predicted octanol–water partition coefficient (Wildman–Crippen LogP) is 1.05. The molecule has 122 valence electrons. The van der Waals surface area contributed by atoms with E-state index in [4.69, 9.17) is 9.47 Å². The summed E-state index contributed by atoms with van der Waals surface area (Å²) in [6, 6.07) is 4.05. The third-order valence-electron chi connectivity index (χ3n) is 6.73. The molecule has 2 aliphatic carbocycles. The van der Waals surface area contributed by atoms with Crippen molar-refractivity contribution in [2.75, 3.05) is 20.7 Å². The van der Waals surface area contributed by atoms with E-state index >= 15 is 0 Å². The lowest BCUT2D eigenvalue weighted by atomic mass is 9.49. The Balaban J connectivity index is 1.86. The molecular weight excluding hydrogens is 294 g/mol. The molecule has 0 amide bonds. The number of hydrogen-bond acceptors (Lipinski definition) is 5. The van der Waals surface area contributed by atoms with Gasteiger partial charge in [0.15, 0.2) is 23.4 Å². The van der Waals surface area contributed by atoms with Crippen LogP contribution in [0.15, 0.2) is 12.1 Å². The summed E-state index contributed by atoms with van der Waals surface area (Å²) in [7, 11) is 3.70. The largest absolute Gasteiger partial charge is 0.493 e. The number of benzene rings is 1. The second-order valence-electron chi connectivity index (χ2n) is 7.44. The van der Waals surface area contributed by atoms with Gasteiger partial charge in [0, 0.05) is 18.0 Å². The van der Waals surface area contributed by atoms with Gasteiger partial charge in [0.2, 0.25) is 0 Å². The number of rotatable bonds is 1. The van der Waals surface area contributed by atoms with Gasteiger partial charge in [-0.2, -0.15) is 0 Å². The first kappa shape index (κ1) is 13.8. The van der Waals surface area contributed by atoms with Crippen LogP contribution in [0.4, 0.5) is 0 Å². The summed E-state index contributed by atoms with van der Waals surface area (Å²) in [4.78, 5) is 14.9. The Bertz CT molecular complexity index is 732. The molecule has 1 spiro atoms. The predicted molar refractivity (Wildman–Crippen MR) is 83.0 cm³/mol. The normalized spacial score (nSPS) is 40.6. The Hall–Kier alpha value is -1.59. The molecule has 5 nitrogen and oxygen atoms in total. The Kier molecular flexibility index (Phi) is 2.45. The third-order valence-corrected chi connectivity index (χ3v) is 6.73. The van der Waals surface area contributed by atoms with Crippen LogP contribution in [0.25, 0.3) is 0 Å². The van der Waals surface area contributed by atoms with Crippen LogP contribution >= 0.6 is 0 Å². The highest BCUT2D eigenvalue weighted by molar-refractivity contribution is 5.90. The molecule has 1 saturated heterocycles. The fourth-order valence-electron chi connectivity index (χ4n) is 5.69. The quantitative estimate of drug-likeness (QED) is 0.839. The number of aliphatic hydroxyl groups is 1. The van der Waals surface area contributed by atoms with E-state index in [0.29, 0.717) is 24.3 Å². The van der Waals surface area contributed by atoms with Crippen LogP contribution in [0.2, 0.25) is 0 Å². The average molecular weight is 315 g/mol. The molecule has 5 heteroatoms. The zero-order valence-electron chi connectivity index (χ0n) is 13.5. The van der Waals surface area contributed by atoms with Crippen molar-refractivity contribution in [3.63, 3.8) is 0 Å². The molecule has 1 aromatic carbocycles. The van der Waals surface area contributed by atoms with Gasteiger partial charge in [-0.15, -0.1) is 0 Å². The minimum Gasteiger partial charge on any atom is -0.493 e. The summed E-state index contributed by atoms with van der Waals surface area (Å²) in [6.45, 7) is 0.871. The lowest BCUT2D eigenvalue weighted by Gasteiger charge is -2.62. The summed E-state index contributed by atoms with van der Waals surface area (Å²) in [5.41, 5.74) is 0.737. The Morgan fingerprint density at radius 2 is 2.22 bits per heavy atom. The van der Waals surface area contributed by atoms with Gasteiger partial charge in [-0.1, -0.05) is 6.07 Å². The van der Waals surface area contributed by atoms with E-state index in [-0.39, 0.29) is 11.8 Å². The third kappa shape index (κ3) is 1.32. The fraction of sp³-hybridized carbons (Fsp3) is 0.611. The molecule has 2 fully saturated rings. The number of likely N-dealkylation sites (N-methyl/N-ethyl adjacent to an activating group) is 1. The molecule has 1 saturated carbocycles. The summed E-state index contributed by atoms with van der Waals surface area (Å²) in [6.07, 6.45) is 1.89. The second-order valence-corrected chi connectivity index (χ2v) is 7.44. The summed E-state index contributed by atoms with van der Waals surface area (Å²) >= 11 is 0. The monoisotopic (exact) mass is 315 g/mol. The van der Waals surface area contributed by atoms with E-state index in [1.54, 1.807) is 7.11 Å². The summed E-state index contributed by atoms with van der Waals surface area (Å²) in [5, 5.41) is 11.7. The molecule has 5 rings (SSSR count). The Labute approximate surface area is 135 Å². The molecule has 2 aliphatic heterocycles. The highest BCUT2D eigenvalue weighted by Crippen LogP contribution is 2.64. The van der Waals surface area contributed by atoms with Crippen molar-refractivity contribution >= 4 is 5.78 Å². The van der Waals surface area contributed by atoms with Crippen LogP contribution in [0.3, 0.4) is 0 Å². The zero-order chi connectivity index (χ0) is 16.0. The van der Waals surface area contributed by atoms with E-state index < -0.39 is 17.1 Å². The van der Waals surface area contributed by atoms with E-state index in [1.165, 1.54) is 5.56 Å². The van der Waals surface area contributed by atoms with Gasteiger partial charge in [0.05, 0.1) is 18.1 Å². The van der Waals surface area contributed by atoms with E-state index in [0.717, 1.165) is 24.9 Å². The molecular formula is C18H21NO4. The Morgan fingerprint density at radius 1 is 1.39 bits per heavy atom. The minimum atomic E-state index is -0.900. The van der Waals surface area contributed by atoms with Crippen LogP contribution < -0.4 is 9.47 Å². The average Bonchev–Trinajstić information content (AvgIpc) is 2.90. The molecule has 0 aromatic heterocycles. The molecule has 2 unspecified atom stereocenters. The maximum Gasteiger partial charge on any atom is 0.174 e. The molecule has 2 heterocycles. The van der Waals surface area contributed by atoms with Gasteiger partial charge in [0.1, 0.15) is 0 Å². The van der Waals surface area contributed by atoms with Gasteiger partial charge < -0.3 is 19.5 Å². The minimum absolute atomic E-state index is 0.0438. The van der Waals surface area contributed by atoms with Crippen molar-refractivity contribution in [1.29, 1.82) is 0 Å². The van der Waals surface area contributed by atoms with Crippen molar-refractivity contribution in [2.24, 2.45) is 0 Å². The van der Waals surface area contributed by atoms with Crippen molar-refractivity contribution in [3.8, 4) is 11.5 Å². The van der Waals surface area contributed by atoms with Gasteiger partial charge in [-0.3, -0.25) is 4.79 Å². The summed E-state index contributed by atoms with van der Waals surface area (Å²) in [5.74, 6) is 1.47. The topological polar surface area (TPSA) is 59.0 Å². The van der Waals surface area contributed by atoms with Gasteiger partial charge in [-0.25, -0.2) is 0 Å². The fourth-order valence-corrected chi connectivity index (χ4v) is 5.69. The van der Waals surface area contributed by atoms with Crippen molar-refractivity contribution in [3.05, 3.63) is 23.3 Å². The van der Waals surface area contributed by atoms with Crippen molar-refractivity contribution < 1.29 is 19.4 Å². The molecule has 2 bridgehead atoms.